The Hall–Kier alpha value is -1.77. The van der Waals surface area contributed by atoms with Gasteiger partial charge in [0.15, 0.2) is 0 Å². The molecule has 3 nitrogen and oxygen atoms in total. The minimum Gasteiger partial charge on any atom is -0.399 e. The summed E-state index contributed by atoms with van der Waals surface area (Å²) in [7, 11) is 0. The molecule has 1 aliphatic rings. The molecule has 3 heteroatoms. The Balaban J connectivity index is 1.71. The van der Waals surface area contributed by atoms with E-state index in [4.69, 9.17) is 5.73 Å². The highest BCUT2D eigenvalue weighted by atomic mass is 14.9. The van der Waals surface area contributed by atoms with Gasteiger partial charge in [0.25, 0.3) is 0 Å². The van der Waals surface area contributed by atoms with E-state index >= 15 is 0 Å². The molecule has 2 aromatic rings. The Labute approximate surface area is 127 Å². The van der Waals surface area contributed by atoms with Crippen LogP contribution in [0.25, 0.3) is 10.9 Å². The smallest absolute Gasteiger partial charge is 0.0743 e. The summed E-state index contributed by atoms with van der Waals surface area (Å²) in [4.78, 5) is 4.41. The molecule has 0 saturated heterocycles. The Morgan fingerprint density at radius 1 is 1.19 bits per heavy atom. The SMILES string of the molecule is CCCC1CCC(Nc2ccnc3cc(N)ccc23)CC1. The molecule has 0 spiro atoms. The topological polar surface area (TPSA) is 50.9 Å². The number of nitrogens with zero attached hydrogens (tertiary/aromatic N) is 1. The van der Waals surface area contributed by atoms with Gasteiger partial charge in [0.05, 0.1) is 5.52 Å². The molecule has 1 heterocycles. The Kier molecular flexibility index (Phi) is 4.28. The van der Waals surface area contributed by atoms with E-state index in [9.17, 15) is 0 Å². The van der Waals surface area contributed by atoms with Crippen molar-refractivity contribution in [3.05, 3.63) is 30.5 Å². The van der Waals surface area contributed by atoms with Crippen molar-refractivity contribution in [2.45, 2.75) is 51.5 Å². The van der Waals surface area contributed by atoms with Crippen LogP contribution < -0.4 is 11.1 Å². The lowest BCUT2D eigenvalue weighted by atomic mass is 9.83. The maximum atomic E-state index is 5.84. The molecule has 3 rings (SSSR count). The van der Waals surface area contributed by atoms with E-state index < -0.39 is 0 Å². The second-order valence-electron chi connectivity index (χ2n) is 6.29. The van der Waals surface area contributed by atoms with Gasteiger partial charge in [-0.2, -0.15) is 0 Å². The maximum absolute atomic E-state index is 5.84. The monoisotopic (exact) mass is 283 g/mol. The number of hydrogen-bond donors (Lipinski definition) is 2. The lowest BCUT2D eigenvalue weighted by Crippen LogP contribution is -2.26. The summed E-state index contributed by atoms with van der Waals surface area (Å²) in [6.07, 6.45) is 9.87. The summed E-state index contributed by atoms with van der Waals surface area (Å²) in [5, 5.41) is 4.89. The molecule has 0 bridgehead atoms. The lowest BCUT2D eigenvalue weighted by molar-refractivity contribution is 0.319. The molecule has 1 aliphatic carbocycles. The number of aromatic nitrogens is 1. The largest absolute Gasteiger partial charge is 0.399 e. The van der Waals surface area contributed by atoms with Gasteiger partial charge >= 0.3 is 0 Å². The van der Waals surface area contributed by atoms with Crippen molar-refractivity contribution in [1.29, 1.82) is 0 Å². The molecule has 0 atom stereocenters. The van der Waals surface area contributed by atoms with Gasteiger partial charge in [-0.05, 0) is 55.9 Å². The van der Waals surface area contributed by atoms with Crippen LogP contribution in [-0.2, 0) is 0 Å². The van der Waals surface area contributed by atoms with Crippen molar-refractivity contribution in [3.8, 4) is 0 Å². The van der Waals surface area contributed by atoms with Gasteiger partial charge in [-0.1, -0.05) is 19.8 Å². The summed E-state index contributed by atoms with van der Waals surface area (Å²) in [5.41, 5.74) is 8.78. The molecule has 1 saturated carbocycles. The molecule has 21 heavy (non-hydrogen) atoms. The first-order valence-electron chi connectivity index (χ1n) is 8.17. The second kappa shape index (κ2) is 6.33. The highest BCUT2D eigenvalue weighted by Crippen LogP contribution is 2.31. The highest BCUT2D eigenvalue weighted by molar-refractivity contribution is 5.92. The zero-order valence-electron chi connectivity index (χ0n) is 12.8. The number of anilines is 2. The third-order valence-electron chi connectivity index (χ3n) is 4.67. The molecule has 0 radical (unpaired) electrons. The van der Waals surface area contributed by atoms with Crippen molar-refractivity contribution in [2.75, 3.05) is 11.1 Å². The molecule has 3 N–H and O–H groups in total. The summed E-state index contributed by atoms with van der Waals surface area (Å²) < 4.78 is 0. The number of fused-ring (bicyclic) bond motifs is 1. The molecule has 1 aromatic heterocycles. The molecular weight excluding hydrogens is 258 g/mol. The minimum absolute atomic E-state index is 0.598. The average Bonchev–Trinajstić information content (AvgIpc) is 2.49. The molecule has 1 aromatic carbocycles. The molecule has 112 valence electrons. The number of pyridine rings is 1. The van der Waals surface area contributed by atoms with Crippen LogP contribution in [0.1, 0.15) is 45.4 Å². The van der Waals surface area contributed by atoms with E-state index in [1.807, 2.05) is 18.3 Å². The minimum atomic E-state index is 0.598. The van der Waals surface area contributed by atoms with E-state index in [1.54, 1.807) is 0 Å². The first kappa shape index (κ1) is 14.2. The number of hydrogen-bond acceptors (Lipinski definition) is 3. The highest BCUT2D eigenvalue weighted by Gasteiger charge is 2.20. The fourth-order valence-electron chi connectivity index (χ4n) is 3.51. The van der Waals surface area contributed by atoms with Crippen LogP contribution in [0.5, 0.6) is 0 Å². The van der Waals surface area contributed by atoms with Crippen LogP contribution in [0.4, 0.5) is 11.4 Å². The zero-order chi connectivity index (χ0) is 14.7. The number of rotatable bonds is 4. The van der Waals surface area contributed by atoms with Gasteiger partial charge in [-0.3, -0.25) is 4.98 Å². The maximum Gasteiger partial charge on any atom is 0.0743 e. The van der Waals surface area contributed by atoms with E-state index in [1.165, 1.54) is 49.6 Å². The van der Waals surface area contributed by atoms with Gasteiger partial charge in [-0.25, -0.2) is 0 Å². The summed E-state index contributed by atoms with van der Waals surface area (Å²) in [5.74, 6) is 0.946. The van der Waals surface area contributed by atoms with Crippen LogP contribution in [0, 0.1) is 5.92 Å². The number of nitrogens with two attached hydrogens (primary N) is 1. The van der Waals surface area contributed by atoms with Crippen molar-refractivity contribution >= 4 is 22.3 Å². The fraction of sp³-hybridized carbons (Fsp3) is 0.500. The molecule has 0 amide bonds. The summed E-state index contributed by atoms with van der Waals surface area (Å²) in [6.45, 7) is 2.29. The Bertz CT molecular complexity index is 600. The fourth-order valence-corrected chi connectivity index (χ4v) is 3.51. The predicted octanol–water partition coefficient (Wildman–Crippen LogP) is 4.59. The van der Waals surface area contributed by atoms with E-state index in [0.717, 1.165) is 17.1 Å². The van der Waals surface area contributed by atoms with Crippen LogP contribution in [0.2, 0.25) is 0 Å². The van der Waals surface area contributed by atoms with Gasteiger partial charge < -0.3 is 11.1 Å². The number of nitrogen functional groups attached to an aromatic ring is 1. The van der Waals surface area contributed by atoms with E-state index in [0.29, 0.717) is 6.04 Å². The summed E-state index contributed by atoms with van der Waals surface area (Å²) in [6, 6.07) is 8.65. The van der Waals surface area contributed by atoms with Crippen LogP contribution >= 0.6 is 0 Å². The van der Waals surface area contributed by atoms with Gasteiger partial charge in [-0.15, -0.1) is 0 Å². The summed E-state index contributed by atoms with van der Waals surface area (Å²) >= 11 is 0. The first-order valence-corrected chi connectivity index (χ1v) is 8.17. The van der Waals surface area contributed by atoms with Crippen molar-refractivity contribution in [1.82, 2.24) is 4.98 Å². The second-order valence-corrected chi connectivity index (χ2v) is 6.29. The van der Waals surface area contributed by atoms with E-state index in [2.05, 4.69) is 29.4 Å². The van der Waals surface area contributed by atoms with Crippen LogP contribution in [0.3, 0.4) is 0 Å². The van der Waals surface area contributed by atoms with Crippen LogP contribution in [-0.4, -0.2) is 11.0 Å². The molecule has 1 fully saturated rings. The normalized spacial score (nSPS) is 22.3. The predicted molar refractivity (Wildman–Crippen MR) is 90.4 cm³/mol. The third kappa shape index (κ3) is 3.29. The van der Waals surface area contributed by atoms with E-state index in [-0.39, 0.29) is 0 Å². The first-order chi connectivity index (χ1) is 10.3. The number of nitrogens with one attached hydrogen (secondary N) is 1. The zero-order valence-corrected chi connectivity index (χ0v) is 12.8. The average molecular weight is 283 g/mol. The third-order valence-corrected chi connectivity index (χ3v) is 4.67. The Morgan fingerprint density at radius 3 is 2.76 bits per heavy atom. The Morgan fingerprint density at radius 2 is 2.00 bits per heavy atom. The van der Waals surface area contributed by atoms with Crippen molar-refractivity contribution in [3.63, 3.8) is 0 Å². The van der Waals surface area contributed by atoms with Crippen LogP contribution in [0.15, 0.2) is 30.5 Å². The quantitative estimate of drug-likeness (QED) is 0.807. The van der Waals surface area contributed by atoms with Gasteiger partial charge in [0, 0.05) is 29.0 Å². The standard InChI is InChI=1S/C18H25N3/c1-2-3-13-4-7-15(8-5-13)21-17-10-11-20-18-12-14(19)6-9-16(17)18/h6,9-13,15H,2-5,7-8,19H2,1H3,(H,20,21). The van der Waals surface area contributed by atoms with Gasteiger partial charge in [0.2, 0.25) is 0 Å². The molecule has 0 aliphatic heterocycles. The molecular formula is C18H25N3. The van der Waals surface area contributed by atoms with Crippen molar-refractivity contribution in [2.24, 2.45) is 5.92 Å². The molecule has 0 unspecified atom stereocenters. The van der Waals surface area contributed by atoms with Gasteiger partial charge in [0.1, 0.15) is 0 Å². The lowest BCUT2D eigenvalue weighted by Gasteiger charge is -2.30. The van der Waals surface area contributed by atoms with Crippen molar-refractivity contribution < 1.29 is 0 Å². The number of benzene rings is 1.